The van der Waals surface area contributed by atoms with Crippen LogP contribution in [0.1, 0.15) is 108 Å². The minimum Gasteiger partial charge on any atom is -0.387 e. The topological polar surface area (TPSA) is 215 Å². The van der Waals surface area contributed by atoms with E-state index in [0.29, 0.717) is 24.4 Å². The number of anilines is 1. The van der Waals surface area contributed by atoms with Crippen LogP contribution >= 0.6 is 7.82 Å². The SMILES string of the molecule is NC1=C2CCCCCCCCCCCCCCC(c3ncn(C4OC(COP(=O)(O)O)C(O)C4O)c3N)(C2)C(=O)N1. The monoisotopic (exact) mass is 599 g/mol. The van der Waals surface area contributed by atoms with Crippen molar-refractivity contribution in [2.45, 2.75) is 126 Å². The van der Waals surface area contributed by atoms with Crippen LogP contribution in [0.15, 0.2) is 17.7 Å². The summed E-state index contributed by atoms with van der Waals surface area (Å²) in [6, 6.07) is 0. The van der Waals surface area contributed by atoms with Crippen LogP contribution in [0.2, 0.25) is 0 Å². The second-order valence-corrected chi connectivity index (χ2v) is 12.9. The average Bonchev–Trinajstić information content (AvgIpc) is 3.43. The number of phosphoric ester groups is 1. The number of amides is 1. The molecule has 3 heterocycles. The molecule has 4 rings (SSSR count). The Morgan fingerprint density at radius 1 is 1.00 bits per heavy atom. The number of nitrogens with zero attached hydrogens (tertiary/aromatic N) is 2. The quantitative estimate of drug-likeness (QED) is 0.244. The van der Waals surface area contributed by atoms with Gasteiger partial charge in [-0.2, -0.15) is 0 Å². The van der Waals surface area contributed by atoms with Crippen LogP contribution in [-0.4, -0.2) is 60.4 Å². The standard InChI is InChI=1S/C27H46N5O8P/c28-23-18-13-11-9-7-5-3-1-2-4-6-8-10-12-14-27(15-18,26(35)31-23)22-24(29)32(17-30-22)25-21(34)20(33)19(40-25)16-39-41(36,37)38/h17,19-21,25,33-34H,1-16,28-29H2,(H,31,35)(H2,36,37,38). The third-order valence-corrected chi connectivity index (χ3v) is 9.20. The lowest BCUT2D eigenvalue weighted by Gasteiger charge is -2.37. The van der Waals surface area contributed by atoms with Crippen molar-refractivity contribution in [1.29, 1.82) is 0 Å². The van der Waals surface area contributed by atoms with Crippen molar-refractivity contribution in [3.8, 4) is 0 Å². The van der Waals surface area contributed by atoms with E-state index < -0.39 is 44.4 Å². The predicted molar refractivity (Wildman–Crippen MR) is 151 cm³/mol. The molecule has 3 aliphatic rings. The summed E-state index contributed by atoms with van der Waals surface area (Å²) in [5.41, 5.74) is 13.2. The van der Waals surface area contributed by atoms with Gasteiger partial charge in [-0.05, 0) is 31.3 Å². The maximum Gasteiger partial charge on any atom is 0.469 e. The largest absolute Gasteiger partial charge is 0.469 e. The fourth-order valence-electron chi connectivity index (χ4n) is 6.35. The van der Waals surface area contributed by atoms with Gasteiger partial charge >= 0.3 is 7.82 Å². The molecule has 0 spiro atoms. The second kappa shape index (κ2) is 14.0. The summed E-state index contributed by atoms with van der Waals surface area (Å²) >= 11 is 0. The molecule has 0 aromatic carbocycles. The van der Waals surface area contributed by atoms with Crippen molar-refractivity contribution in [3.63, 3.8) is 0 Å². The number of fused-ring (bicyclic) bond motifs is 2. The van der Waals surface area contributed by atoms with Crippen molar-refractivity contribution in [2.75, 3.05) is 12.3 Å². The molecule has 41 heavy (non-hydrogen) atoms. The molecule has 9 N–H and O–H groups in total. The van der Waals surface area contributed by atoms with Crippen LogP contribution in [0.3, 0.4) is 0 Å². The van der Waals surface area contributed by atoms with Gasteiger partial charge in [0.2, 0.25) is 5.91 Å². The number of hydrogen-bond acceptors (Lipinski definition) is 9. The van der Waals surface area contributed by atoms with Crippen LogP contribution in [0, 0.1) is 0 Å². The van der Waals surface area contributed by atoms with Crippen LogP contribution < -0.4 is 16.8 Å². The fourth-order valence-corrected chi connectivity index (χ4v) is 6.69. The normalized spacial score (nSPS) is 31.6. The summed E-state index contributed by atoms with van der Waals surface area (Å²) < 4.78 is 22.7. The highest BCUT2D eigenvalue weighted by Crippen LogP contribution is 2.44. The van der Waals surface area contributed by atoms with E-state index in [0.717, 1.165) is 44.1 Å². The first-order valence-corrected chi connectivity index (χ1v) is 16.4. The van der Waals surface area contributed by atoms with Crippen LogP contribution in [0.25, 0.3) is 0 Å². The van der Waals surface area contributed by atoms with Gasteiger partial charge in [-0.3, -0.25) is 13.9 Å². The number of aromatic nitrogens is 2. The Labute approximate surface area is 240 Å². The van der Waals surface area contributed by atoms with Gasteiger partial charge in [0.25, 0.3) is 0 Å². The number of nitrogens with two attached hydrogens (primary N) is 2. The number of ether oxygens (including phenoxy) is 1. The van der Waals surface area contributed by atoms with Crippen LogP contribution in [0.5, 0.6) is 0 Å². The fraction of sp³-hybridized carbons (Fsp3) is 0.778. The van der Waals surface area contributed by atoms with Crippen molar-refractivity contribution in [2.24, 2.45) is 5.73 Å². The number of carbonyl (C=O) groups is 1. The lowest BCUT2D eigenvalue weighted by molar-refractivity contribution is -0.127. The molecule has 1 saturated heterocycles. The van der Waals surface area contributed by atoms with Gasteiger partial charge in [0, 0.05) is 0 Å². The lowest BCUT2D eigenvalue weighted by Crippen LogP contribution is -2.50. The minimum atomic E-state index is -4.81. The van der Waals surface area contributed by atoms with Crippen molar-refractivity contribution in [1.82, 2.24) is 14.9 Å². The number of nitrogens with one attached hydrogen (secondary N) is 1. The van der Waals surface area contributed by atoms with Crippen molar-refractivity contribution >= 4 is 19.5 Å². The summed E-state index contributed by atoms with van der Waals surface area (Å²) in [5, 5.41) is 24.1. The molecule has 2 bridgehead atoms. The zero-order valence-corrected chi connectivity index (χ0v) is 24.5. The first-order chi connectivity index (χ1) is 19.5. The Morgan fingerprint density at radius 3 is 2.20 bits per heavy atom. The summed E-state index contributed by atoms with van der Waals surface area (Å²) in [7, 11) is -4.81. The number of aliphatic hydroxyl groups is 2. The molecular formula is C27H46N5O8P. The van der Waals surface area contributed by atoms with E-state index in [4.69, 9.17) is 26.0 Å². The Balaban J connectivity index is 1.59. The Hall–Kier alpha value is -1.99. The van der Waals surface area contributed by atoms with Gasteiger partial charge in [-0.15, -0.1) is 0 Å². The summed E-state index contributed by atoms with van der Waals surface area (Å²) in [5.74, 6) is 0.236. The molecule has 14 heteroatoms. The number of aliphatic hydroxyl groups excluding tert-OH is 2. The maximum absolute atomic E-state index is 13.7. The van der Waals surface area contributed by atoms with Gasteiger partial charge in [0.1, 0.15) is 30.0 Å². The Morgan fingerprint density at radius 2 is 1.59 bits per heavy atom. The van der Waals surface area contributed by atoms with E-state index in [2.05, 4.69) is 14.8 Å². The first kappa shape index (κ1) is 31.9. The molecule has 0 radical (unpaired) electrons. The van der Waals surface area contributed by atoms with E-state index in [1.165, 1.54) is 55.8 Å². The predicted octanol–water partition coefficient (Wildman–Crippen LogP) is 2.60. The van der Waals surface area contributed by atoms with Gasteiger partial charge in [0.15, 0.2) is 6.23 Å². The summed E-state index contributed by atoms with van der Waals surface area (Å²) in [6.07, 6.45) is 11.2. The number of hydrogen-bond donors (Lipinski definition) is 7. The number of imidazole rings is 1. The van der Waals surface area contributed by atoms with Crippen LogP contribution in [0.4, 0.5) is 5.82 Å². The zero-order valence-electron chi connectivity index (χ0n) is 23.6. The first-order valence-electron chi connectivity index (χ1n) is 14.9. The van der Waals surface area contributed by atoms with Crippen molar-refractivity contribution < 1.29 is 38.6 Å². The molecule has 1 aromatic rings. The minimum absolute atomic E-state index is 0.110. The highest BCUT2D eigenvalue weighted by Gasteiger charge is 2.49. The highest BCUT2D eigenvalue weighted by molar-refractivity contribution is 7.46. The average molecular weight is 600 g/mol. The molecule has 1 aromatic heterocycles. The molecule has 2 fully saturated rings. The number of rotatable bonds is 5. The lowest BCUT2D eigenvalue weighted by atomic mass is 9.71. The maximum atomic E-state index is 13.7. The van der Waals surface area contributed by atoms with E-state index in [9.17, 15) is 19.6 Å². The molecule has 1 saturated carbocycles. The van der Waals surface area contributed by atoms with Gasteiger partial charge in [-0.1, -0.05) is 70.6 Å². The number of allylic oxidation sites excluding steroid dienone is 1. The van der Waals surface area contributed by atoms with Crippen LogP contribution in [-0.2, 0) is 24.0 Å². The molecule has 5 unspecified atom stereocenters. The third kappa shape index (κ3) is 7.70. The van der Waals surface area contributed by atoms with E-state index >= 15 is 0 Å². The van der Waals surface area contributed by atoms with Gasteiger partial charge in [-0.25, -0.2) is 9.55 Å². The molecule has 5 atom stereocenters. The smallest absolute Gasteiger partial charge is 0.387 e. The molecule has 2 aliphatic heterocycles. The number of phosphoric acid groups is 1. The van der Waals surface area contributed by atoms with E-state index in [1.54, 1.807) is 0 Å². The molecule has 13 nitrogen and oxygen atoms in total. The van der Waals surface area contributed by atoms with Gasteiger partial charge < -0.3 is 41.5 Å². The number of carbonyl (C=O) groups excluding carboxylic acids is 1. The molecule has 1 amide bonds. The number of nitrogen functional groups attached to an aromatic ring is 1. The summed E-state index contributed by atoms with van der Waals surface area (Å²) in [4.78, 5) is 36.3. The zero-order chi connectivity index (χ0) is 29.6. The Kier molecular flexibility index (Phi) is 10.9. The molecule has 232 valence electrons. The second-order valence-electron chi connectivity index (χ2n) is 11.7. The van der Waals surface area contributed by atoms with Gasteiger partial charge in [0.05, 0.1) is 24.0 Å². The Bertz CT molecular complexity index is 1120. The van der Waals surface area contributed by atoms with E-state index in [1.807, 2.05) is 0 Å². The molecule has 1 aliphatic carbocycles. The third-order valence-electron chi connectivity index (χ3n) is 8.71. The van der Waals surface area contributed by atoms with Crippen molar-refractivity contribution in [3.05, 3.63) is 23.4 Å². The summed E-state index contributed by atoms with van der Waals surface area (Å²) in [6.45, 7) is -0.639. The van der Waals surface area contributed by atoms with E-state index in [-0.39, 0.29) is 11.7 Å². The highest BCUT2D eigenvalue weighted by atomic mass is 31.2. The molecular weight excluding hydrogens is 553 g/mol.